The summed E-state index contributed by atoms with van der Waals surface area (Å²) < 4.78 is 5.35. The lowest BCUT2D eigenvalue weighted by Gasteiger charge is -2.29. The first-order chi connectivity index (χ1) is 24.6. The van der Waals surface area contributed by atoms with Crippen molar-refractivity contribution in [3.63, 3.8) is 0 Å². The van der Waals surface area contributed by atoms with Crippen LogP contribution in [-0.4, -0.2) is 52.1 Å². The van der Waals surface area contributed by atoms with Crippen LogP contribution in [0.15, 0.2) is 65.5 Å². The number of H-pyrrole nitrogens is 2. The van der Waals surface area contributed by atoms with Crippen molar-refractivity contribution in [3.05, 3.63) is 87.7 Å². The van der Waals surface area contributed by atoms with Gasteiger partial charge >= 0.3 is 6.09 Å². The summed E-state index contributed by atoms with van der Waals surface area (Å²) in [5.74, 6) is -0.810. The molecule has 1 fully saturated rings. The molecule has 5 N–H and O–H groups in total. The second-order valence-corrected chi connectivity index (χ2v) is 15.4. The highest BCUT2D eigenvalue weighted by molar-refractivity contribution is 5.98. The Kier molecular flexibility index (Phi) is 12.0. The number of amides is 3. The number of rotatable bonds is 12. The molecular weight excluding hydrogens is 658 g/mol. The smallest absolute Gasteiger partial charge is 0.407 e. The lowest BCUT2D eigenvalue weighted by molar-refractivity contribution is -0.129. The SMILES string of the molecule is Cc1cc(C(=O)NC(C)C)ccc1-c1ccc(CC(CC(=O)C2CCC(CNC(=O)OC(C)(C)C)CC2)C(=O)Nc2ccc3c(=O)[nH][nH]c3c2)cc1. The molecule has 5 rings (SSSR count). The zero-order chi connectivity index (χ0) is 37.6. The molecule has 1 aliphatic rings. The fraction of sp³-hybridized carbons (Fsp3) is 0.439. The van der Waals surface area contributed by atoms with Crippen LogP contribution in [0.25, 0.3) is 22.0 Å². The molecule has 1 saturated carbocycles. The van der Waals surface area contributed by atoms with Crippen LogP contribution >= 0.6 is 0 Å². The highest BCUT2D eigenvalue weighted by Gasteiger charge is 2.31. The highest BCUT2D eigenvalue weighted by atomic mass is 16.6. The van der Waals surface area contributed by atoms with Crippen LogP contribution in [0, 0.1) is 24.7 Å². The van der Waals surface area contributed by atoms with Gasteiger partial charge in [-0.2, -0.15) is 0 Å². The van der Waals surface area contributed by atoms with E-state index in [-0.39, 0.29) is 47.5 Å². The van der Waals surface area contributed by atoms with E-state index in [0.29, 0.717) is 48.0 Å². The number of alkyl carbamates (subject to hydrolysis) is 1. The van der Waals surface area contributed by atoms with Gasteiger partial charge in [-0.25, -0.2) is 4.79 Å². The van der Waals surface area contributed by atoms with Gasteiger partial charge < -0.3 is 20.7 Å². The number of carbonyl (C=O) groups excluding carboxylic acids is 4. The van der Waals surface area contributed by atoms with Crippen LogP contribution in [0.3, 0.4) is 0 Å². The first-order valence-corrected chi connectivity index (χ1v) is 18.2. The largest absolute Gasteiger partial charge is 0.444 e. The first-order valence-electron chi connectivity index (χ1n) is 18.2. The van der Waals surface area contributed by atoms with Crippen molar-refractivity contribution in [2.24, 2.45) is 17.8 Å². The van der Waals surface area contributed by atoms with E-state index in [4.69, 9.17) is 4.74 Å². The predicted molar refractivity (Wildman–Crippen MR) is 203 cm³/mol. The molecule has 1 atom stereocenters. The third-order valence-electron chi connectivity index (χ3n) is 9.55. The molecule has 11 heteroatoms. The van der Waals surface area contributed by atoms with E-state index in [0.717, 1.165) is 35.1 Å². The maximum atomic E-state index is 13.8. The Morgan fingerprint density at radius 3 is 2.27 bits per heavy atom. The molecule has 0 saturated heterocycles. The Morgan fingerprint density at radius 1 is 0.904 bits per heavy atom. The maximum Gasteiger partial charge on any atom is 0.407 e. The van der Waals surface area contributed by atoms with Gasteiger partial charge in [0.15, 0.2) is 0 Å². The number of benzene rings is 3. The molecule has 0 radical (unpaired) electrons. The van der Waals surface area contributed by atoms with E-state index in [1.54, 1.807) is 18.2 Å². The summed E-state index contributed by atoms with van der Waals surface area (Å²) in [5.41, 5.74) is 4.80. The monoisotopic (exact) mass is 709 g/mol. The predicted octanol–water partition coefficient (Wildman–Crippen LogP) is 7.06. The molecule has 0 aliphatic heterocycles. The number of carbonyl (C=O) groups is 4. The average molecular weight is 710 g/mol. The molecule has 1 aromatic heterocycles. The zero-order valence-electron chi connectivity index (χ0n) is 31.0. The lowest BCUT2D eigenvalue weighted by Crippen LogP contribution is -2.37. The minimum atomic E-state index is -0.619. The van der Waals surface area contributed by atoms with Gasteiger partial charge in [-0.3, -0.25) is 29.4 Å². The van der Waals surface area contributed by atoms with Gasteiger partial charge in [0.05, 0.1) is 10.9 Å². The third kappa shape index (κ3) is 10.2. The van der Waals surface area contributed by atoms with Crippen molar-refractivity contribution < 1.29 is 23.9 Å². The number of aromatic amines is 2. The lowest BCUT2D eigenvalue weighted by atomic mass is 9.77. The number of hydrogen-bond donors (Lipinski definition) is 5. The van der Waals surface area contributed by atoms with Crippen LogP contribution in [0.2, 0.25) is 0 Å². The van der Waals surface area contributed by atoms with E-state index in [2.05, 4.69) is 26.1 Å². The number of ketones is 1. The summed E-state index contributed by atoms with van der Waals surface area (Å²) in [7, 11) is 0. The number of anilines is 1. The Balaban J connectivity index is 1.26. The topological polar surface area (TPSA) is 162 Å². The minimum Gasteiger partial charge on any atom is -0.444 e. The molecule has 1 aliphatic carbocycles. The summed E-state index contributed by atoms with van der Waals surface area (Å²) >= 11 is 0. The maximum absolute atomic E-state index is 13.8. The van der Waals surface area contributed by atoms with E-state index in [9.17, 15) is 24.0 Å². The molecular formula is C41H51N5O6. The number of ether oxygens (including phenoxy) is 1. The van der Waals surface area contributed by atoms with Gasteiger partial charge in [-0.15, -0.1) is 0 Å². The number of aromatic nitrogens is 2. The summed E-state index contributed by atoms with van der Waals surface area (Å²) in [5, 5.41) is 14.6. The van der Waals surface area contributed by atoms with Gasteiger partial charge in [0, 0.05) is 42.1 Å². The Labute approximate surface area is 304 Å². The van der Waals surface area contributed by atoms with Gasteiger partial charge in [0.1, 0.15) is 11.4 Å². The number of nitrogens with one attached hydrogen (secondary N) is 5. The number of hydrogen-bond acceptors (Lipinski definition) is 6. The summed E-state index contributed by atoms with van der Waals surface area (Å²) in [6, 6.07) is 18.7. The van der Waals surface area contributed by atoms with Crippen LogP contribution in [-0.2, 0) is 20.7 Å². The van der Waals surface area contributed by atoms with Gasteiger partial charge in [0.25, 0.3) is 11.5 Å². The Hall–Kier alpha value is -5.19. The van der Waals surface area contributed by atoms with Crippen LogP contribution in [0.1, 0.15) is 88.2 Å². The van der Waals surface area contributed by atoms with Gasteiger partial charge in [-0.1, -0.05) is 30.3 Å². The molecule has 1 unspecified atom stereocenters. The molecule has 52 heavy (non-hydrogen) atoms. The average Bonchev–Trinajstić information content (AvgIpc) is 3.46. The zero-order valence-corrected chi connectivity index (χ0v) is 31.0. The molecule has 3 amide bonds. The summed E-state index contributed by atoms with van der Waals surface area (Å²) in [6.45, 7) is 11.8. The van der Waals surface area contributed by atoms with Crippen molar-refractivity contribution in [3.8, 4) is 11.1 Å². The van der Waals surface area contributed by atoms with Crippen molar-refractivity contribution in [1.82, 2.24) is 20.8 Å². The quantitative estimate of drug-likeness (QED) is 0.106. The second-order valence-electron chi connectivity index (χ2n) is 15.4. The second kappa shape index (κ2) is 16.4. The van der Waals surface area contributed by atoms with Crippen molar-refractivity contribution in [2.45, 2.75) is 91.7 Å². The Morgan fingerprint density at radius 2 is 1.62 bits per heavy atom. The van der Waals surface area contributed by atoms with E-state index >= 15 is 0 Å². The summed E-state index contributed by atoms with van der Waals surface area (Å²) in [4.78, 5) is 64.2. The first kappa shape index (κ1) is 38.1. The van der Waals surface area contributed by atoms with Crippen LogP contribution < -0.4 is 21.5 Å². The fourth-order valence-corrected chi connectivity index (χ4v) is 6.84. The van der Waals surface area contributed by atoms with Crippen molar-refractivity contribution in [1.29, 1.82) is 0 Å². The Bertz CT molecular complexity index is 1960. The van der Waals surface area contributed by atoms with E-state index in [1.807, 2.05) is 84.0 Å². The third-order valence-corrected chi connectivity index (χ3v) is 9.55. The van der Waals surface area contributed by atoms with Crippen LogP contribution in [0.5, 0.6) is 0 Å². The molecule has 1 heterocycles. The van der Waals surface area contributed by atoms with E-state index < -0.39 is 17.6 Å². The van der Waals surface area contributed by atoms with Gasteiger partial charge in [0.2, 0.25) is 5.91 Å². The fourth-order valence-electron chi connectivity index (χ4n) is 6.84. The molecule has 276 valence electrons. The molecule has 0 spiro atoms. The molecule has 4 aromatic rings. The van der Waals surface area contributed by atoms with Gasteiger partial charge in [-0.05, 0) is 132 Å². The molecule has 11 nitrogen and oxygen atoms in total. The molecule has 0 bridgehead atoms. The van der Waals surface area contributed by atoms with Crippen LogP contribution in [0.4, 0.5) is 10.5 Å². The summed E-state index contributed by atoms with van der Waals surface area (Å²) in [6.07, 6.45) is 3.05. The standard InChI is InChI=1S/C41H51N5O6/c1-24(2)43-37(48)30-15-17-33(25(3)19-30)28-11-7-26(8-12-28)20-31(38(49)44-32-16-18-34-35(22-32)45-46-39(34)50)21-36(47)29-13-9-27(10-14-29)23-42-40(51)52-41(4,5)6/h7-8,11-12,15-19,22,24,27,29,31H,9-10,13-14,20-21,23H2,1-6H3,(H,42,51)(H,43,48)(H,44,49)(H2,45,46,50). The number of Topliss-reactive ketones (excluding diaryl/α,β-unsaturated/α-hetero) is 1. The minimum absolute atomic E-state index is 0.0458. The van der Waals surface area contributed by atoms with E-state index in [1.165, 1.54) is 0 Å². The van der Waals surface area contributed by atoms with Crippen molar-refractivity contribution in [2.75, 3.05) is 11.9 Å². The van der Waals surface area contributed by atoms with Crippen molar-refractivity contribution >= 4 is 40.3 Å². The normalized spacial score (nSPS) is 16.7. The number of fused-ring (bicyclic) bond motifs is 1. The number of aryl methyl sites for hydroxylation is 1. The molecule has 3 aromatic carbocycles. The highest BCUT2D eigenvalue weighted by Crippen LogP contribution is 2.32.